The van der Waals surface area contributed by atoms with E-state index in [4.69, 9.17) is 5.11 Å². The van der Waals surface area contributed by atoms with Crippen LogP contribution in [0.5, 0.6) is 0 Å². The van der Waals surface area contributed by atoms with Crippen molar-refractivity contribution in [3.63, 3.8) is 0 Å². The zero-order valence-corrected chi connectivity index (χ0v) is 11.0. The zero-order valence-electron chi connectivity index (χ0n) is 11.0. The number of hydrogen-bond donors (Lipinski definition) is 1. The van der Waals surface area contributed by atoms with Crippen LogP contribution in [0.25, 0.3) is 0 Å². The van der Waals surface area contributed by atoms with E-state index in [1.807, 2.05) is 4.90 Å². The molecule has 0 saturated carbocycles. The standard InChI is InChI=1S/C13H22N2O3/c1-2-11-6-4-8-15(11)13(18)14-7-3-5-10(9-14)12(16)17/h10-11H,2-9H2,1H3,(H,16,17)/t10-,11?/m0/s1. The first-order valence-corrected chi connectivity index (χ1v) is 6.91. The van der Waals surface area contributed by atoms with Crippen molar-refractivity contribution < 1.29 is 14.7 Å². The van der Waals surface area contributed by atoms with E-state index >= 15 is 0 Å². The van der Waals surface area contributed by atoms with Gasteiger partial charge in [-0.2, -0.15) is 0 Å². The van der Waals surface area contributed by atoms with Crippen molar-refractivity contribution in [2.75, 3.05) is 19.6 Å². The average molecular weight is 254 g/mol. The number of urea groups is 1. The molecule has 1 unspecified atom stereocenters. The SMILES string of the molecule is CCC1CCCN1C(=O)N1CCC[C@H](C(=O)O)C1. The van der Waals surface area contributed by atoms with Crippen molar-refractivity contribution in [2.24, 2.45) is 5.92 Å². The maximum atomic E-state index is 12.4. The van der Waals surface area contributed by atoms with Crippen LogP contribution in [0.3, 0.4) is 0 Å². The van der Waals surface area contributed by atoms with Gasteiger partial charge in [-0.05, 0) is 32.1 Å². The minimum absolute atomic E-state index is 0.0466. The number of likely N-dealkylation sites (tertiary alicyclic amines) is 2. The van der Waals surface area contributed by atoms with Crippen molar-refractivity contribution in [1.29, 1.82) is 0 Å². The second-order valence-corrected chi connectivity index (χ2v) is 5.30. The highest BCUT2D eigenvalue weighted by molar-refractivity contribution is 5.77. The van der Waals surface area contributed by atoms with Gasteiger partial charge in [-0.1, -0.05) is 6.92 Å². The number of carboxylic acid groups (broad SMARTS) is 1. The molecule has 2 saturated heterocycles. The van der Waals surface area contributed by atoms with Crippen molar-refractivity contribution in [3.8, 4) is 0 Å². The summed E-state index contributed by atoms with van der Waals surface area (Å²) in [6.07, 6.45) is 4.63. The average Bonchev–Trinajstić information content (AvgIpc) is 2.86. The maximum absolute atomic E-state index is 12.4. The van der Waals surface area contributed by atoms with E-state index in [-0.39, 0.29) is 11.9 Å². The number of piperidine rings is 1. The Hall–Kier alpha value is -1.26. The molecule has 5 nitrogen and oxygen atoms in total. The highest BCUT2D eigenvalue weighted by atomic mass is 16.4. The van der Waals surface area contributed by atoms with Crippen LogP contribution in [0, 0.1) is 5.92 Å². The van der Waals surface area contributed by atoms with Gasteiger partial charge < -0.3 is 14.9 Å². The molecule has 102 valence electrons. The second kappa shape index (κ2) is 5.59. The first-order valence-electron chi connectivity index (χ1n) is 6.91. The van der Waals surface area contributed by atoms with Gasteiger partial charge in [0.25, 0.3) is 0 Å². The van der Waals surface area contributed by atoms with Gasteiger partial charge in [0.05, 0.1) is 5.92 Å². The van der Waals surface area contributed by atoms with Crippen molar-refractivity contribution >= 4 is 12.0 Å². The third-order valence-corrected chi connectivity index (χ3v) is 4.14. The van der Waals surface area contributed by atoms with Gasteiger partial charge in [0.15, 0.2) is 0 Å². The molecule has 2 atom stereocenters. The lowest BCUT2D eigenvalue weighted by Gasteiger charge is -2.35. The Balaban J connectivity index is 1.98. The van der Waals surface area contributed by atoms with Crippen LogP contribution < -0.4 is 0 Å². The minimum atomic E-state index is -0.777. The van der Waals surface area contributed by atoms with E-state index in [9.17, 15) is 9.59 Å². The number of amides is 2. The molecule has 2 heterocycles. The molecule has 0 spiro atoms. The van der Waals surface area contributed by atoms with Crippen LogP contribution in [-0.4, -0.2) is 52.6 Å². The molecular formula is C13H22N2O3. The van der Waals surface area contributed by atoms with Crippen LogP contribution in [0.2, 0.25) is 0 Å². The summed E-state index contributed by atoms with van der Waals surface area (Å²) in [6, 6.07) is 0.396. The Morgan fingerprint density at radius 2 is 1.94 bits per heavy atom. The first kappa shape index (κ1) is 13.2. The highest BCUT2D eigenvalue weighted by Crippen LogP contribution is 2.24. The Bertz CT molecular complexity index is 332. The van der Waals surface area contributed by atoms with Crippen LogP contribution in [0.15, 0.2) is 0 Å². The van der Waals surface area contributed by atoms with Crippen LogP contribution in [0.1, 0.15) is 39.0 Å². The molecule has 0 aliphatic carbocycles. The summed E-state index contributed by atoms with van der Waals surface area (Å²) >= 11 is 0. The molecule has 1 N–H and O–H groups in total. The van der Waals surface area contributed by atoms with Crippen LogP contribution >= 0.6 is 0 Å². The third kappa shape index (κ3) is 2.60. The van der Waals surface area contributed by atoms with E-state index in [0.717, 1.165) is 32.2 Å². The molecule has 2 aliphatic rings. The van der Waals surface area contributed by atoms with Gasteiger partial charge in [0.1, 0.15) is 0 Å². The van der Waals surface area contributed by atoms with E-state index < -0.39 is 5.97 Å². The lowest BCUT2D eigenvalue weighted by atomic mass is 9.98. The molecule has 0 aromatic heterocycles. The summed E-state index contributed by atoms with van der Waals surface area (Å²) in [6.45, 7) is 4.01. The molecule has 0 bridgehead atoms. The number of rotatable bonds is 2. The fraction of sp³-hybridized carbons (Fsp3) is 0.846. The largest absolute Gasteiger partial charge is 0.481 e. The van der Waals surface area contributed by atoms with Crippen LogP contribution in [-0.2, 0) is 4.79 Å². The molecule has 0 aromatic rings. The Morgan fingerprint density at radius 3 is 2.61 bits per heavy atom. The van der Waals surface area contributed by atoms with E-state index in [1.54, 1.807) is 4.90 Å². The summed E-state index contributed by atoms with van der Waals surface area (Å²) in [4.78, 5) is 27.1. The van der Waals surface area contributed by atoms with Gasteiger partial charge in [0, 0.05) is 25.7 Å². The van der Waals surface area contributed by atoms with E-state index in [1.165, 1.54) is 0 Å². The fourth-order valence-electron chi connectivity index (χ4n) is 3.05. The predicted octanol–water partition coefficient (Wildman–Crippen LogP) is 1.78. The molecule has 2 amide bonds. The number of carbonyl (C=O) groups is 2. The third-order valence-electron chi connectivity index (χ3n) is 4.14. The Labute approximate surface area is 108 Å². The summed E-state index contributed by atoms with van der Waals surface area (Å²) in [5.74, 6) is -1.16. The monoisotopic (exact) mass is 254 g/mol. The summed E-state index contributed by atoms with van der Waals surface area (Å²) in [5, 5.41) is 9.05. The zero-order chi connectivity index (χ0) is 13.1. The van der Waals surface area contributed by atoms with Gasteiger partial charge in [-0.3, -0.25) is 4.79 Å². The van der Waals surface area contributed by atoms with Crippen molar-refractivity contribution in [1.82, 2.24) is 9.80 Å². The van der Waals surface area contributed by atoms with E-state index in [2.05, 4.69) is 6.92 Å². The smallest absolute Gasteiger partial charge is 0.320 e. The van der Waals surface area contributed by atoms with Gasteiger partial charge in [-0.25, -0.2) is 4.79 Å². The quantitative estimate of drug-likeness (QED) is 0.817. The number of carbonyl (C=O) groups excluding carboxylic acids is 1. The van der Waals surface area contributed by atoms with E-state index in [0.29, 0.717) is 25.6 Å². The molecule has 18 heavy (non-hydrogen) atoms. The molecular weight excluding hydrogens is 232 g/mol. The summed E-state index contributed by atoms with van der Waals surface area (Å²) in [7, 11) is 0. The topological polar surface area (TPSA) is 60.9 Å². The summed E-state index contributed by atoms with van der Waals surface area (Å²) < 4.78 is 0. The number of hydrogen-bond acceptors (Lipinski definition) is 2. The van der Waals surface area contributed by atoms with Gasteiger partial charge in [-0.15, -0.1) is 0 Å². The number of nitrogens with zero attached hydrogens (tertiary/aromatic N) is 2. The van der Waals surface area contributed by atoms with Crippen molar-refractivity contribution in [3.05, 3.63) is 0 Å². The molecule has 5 heteroatoms. The maximum Gasteiger partial charge on any atom is 0.320 e. The highest BCUT2D eigenvalue weighted by Gasteiger charge is 2.34. The summed E-state index contributed by atoms with van der Waals surface area (Å²) in [5.41, 5.74) is 0. The van der Waals surface area contributed by atoms with Crippen molar-refractivity contribution in [2.45, 2.75) is 45.1 Å². The van der Waals surface area contributed by atoms with Crippen LogP contribution in [0.4, 0.5) is 4.79 Å². The molecule has 2 fully saturated rings. The molecule has 0 aromatic carbocycles. The Morgan fingerprint density at radius 1 is 1.22 bits per heavy atom. The first-order chi connectivity index (χ1) is 8.63. The minimum Gasteiger partial charge on any atom is -0.481 e. The fourth-order valence-corrected chi connectivity index (χ4v) is 3.05. The normalized spacial score (nSPS) is 28.5. The molecule has 0 radical (unpaired) electrons. The Kier molecular flexibility index (Phi) is 4.09. The predicted molar refractivity (Wildman–Crippen MR) is 67.3 cm³/mol. The van der Waals surface area contributed by atoms with Gasteiger partial charge in [0.2, 0.25) is 0 Å². The number of carboxylic acids is 1. The molecule has 2 rings (SSSR count). The molecule has 2 aliphatic heterocycles. The lowest BCUT2D eigenvalue weighted by molar-refractivity contribution is -0.143. The number of aliphatic carboxylic acids is 1. The second-order valence-electron chi connectivity index (χ2n) is 5.30. The lowest BCUT2D eigenvalue weighted by Crippen LogP contribution is -2.50. The van der Waals surface area contributed by atoms with Gasteiger partial charge >= 0.3 is 12.0 Å².